The third kappa shape index (κ3) is 3.94. The molecule has 0 aliphatic heterocycles. The summed E-state index contributed by atoms with van der Waals surface area (Å²) in [7, 11) is 1.72. The van der Waals surface area contributed by atoms with Gasteiger partial charge in [0.1, 0.15) is 0 Å². The molecule has 0 saturated heterocycles. The van der Waals surface area contributed by atoms with Gasteiger partial charge in [0.2, 0.25) is 0 Å². The summed E-state index contributed by atoms with van der Waals surface area (Å²) in [5.41, 5.74) is 1.22. The zero-order valence-corrected chi connectivity index (χ0v) is 11.4. The SMILES string of the molecule is COCCNCc1cncn1CCc1cccs1. The number of imidazole rings is 1. The van der Waals surface area contributed by atoms with E-state index in [2.05, 4.69) is 32.4 Å². The molecule has 18 heavy (non-hydrogen) atoms. The topological polar surface area (TPSA) is 39.1 Å². The van der Waals surface area contributed by atoms with Gasteiger partial charge in [0.25, 0.3) is 0 Å². The number of nitrogens with zero attached hydrogens (tertiary/aromatic N) is 2. The fraction of sp³-hybridized carbons (Fsp3) is 0.462. The van der Waals surface area contributed by atoms with Crippen molar-refractivity contribution in [2.45, 2.75) is 19.5 Å². The number of aromatic nitrogens is 2. The lowest BCUT2D eigenvalue weighted by atomic mass is 10.3. The van der Waals surface area contributed by atoms with Gasteiger partial charge in [-0.3, -0.25) is 0 Å². The summed E-state index contributed by atoms with van der Waals surface area (Å²) in [5, 5.41) is 5.46. The first-order valence-electron chi connectivity index (χ1n) is 6.11. The van der Waals surface area contributed by atoms with Gasteiger partial charge in [0.05, 0.1) is 18.6 Å². The van der Waals surface area contributed by atoms with Crippen molar-refractivity contribution in [1.82, 2.24) is 14.9 Å². The second-order valence-corrected chi connectivity index (χ2v) is 5.11. The highest BCUT2D eigenvalue weighted by Gasteiger charge is 2.02. The average Bonchev–Trinajstić information content (AvgIpc) is 3.03. The maximum Gasteiger partial charge on any atom is 0.0948 e. The van der Waals surface area contributed by atoms with E-state index < -0.39 is 0 Å². The molecule has 1 N–H and O–H groups in total. The molecule has 4 nitrogen and oxygen atoms in total. The highest BCUT2D eigenvalue weighted by atomic mass is 32.1. The van der Waals surface area contributed by atoms with Gasteiger partial charge in [-0.1, -0.05) is 6.07 Å². The van der Waals surface area contributed by atoms with Crippen molar-refractivity contribution >= 4 is 11.3 Å². The number of ether oxygens (including phenoxy) is 1. The minimum Gasteiger partial charge on any atom is -0.383 e. The molecule has 0 fully saturated rings. The Morgan fingerprint density at radius 3 is 3.22 bits per heavy atom. The van der Waals surface area contributed by atoms with Crippen LogP contribution in [-0.2, 0) is 24.2 Å². The molecule has 0 atom stereocenters. The van der Waals surface area contributed by atoms with Gasteiger partial charge in [-0.15, -0.1) is 11.3 Å². The van der Waals surface area contributed by atoms with Gasteiger partial charge in [0, 0.05) is 37.8 Å². The summed E-state index contributed by atoms with van der Waals surface area (Å²) in [5.74, 6) is 0. The van der Waals surface area contributed by atoms with Crippen LogP contribution in [0.15, 0.2) is 30.0 Å². The van der Waals surface area contributed by atoms with Crippen LogP contribution in [0.25, 0.3) is 0 Å². The molecule has 0 aromatic carbocycles. The van der Waals surface area contributed by atoms with Gasteiger partial charge in [-0.25, -0.2) is 4.98 Å². The summed E-state index contributed by atoms with van der Waals surface area (Å²) in [6, 6.07) is 4.28. The zero-order chi connectivity index (χ0) is 12.6. The van der Waals surface area contributed by atoms with Gasteiger partial charge in [0.15, 0.2) is 0 Å². The summed E-state index contributed by atoms with van der Waals surface area (Å²) < 4.78 is 7.21. The fourth-order valence-corrected chi connectivity index (χ4v) is 2.47. The predicted molar refractivity (Wildman–Crippen MR) is 73.8 cm³/mol. The number of hydrogen-bond acceptors (Lipinski definition) is 4. The first-order chi connectivity index (χ1) is 8.90. The van der Waals surface area contributed by atoms with Crippen LogP contribution in [-0.4, -0.2) is 29.8 Å². The zero-order valence-electron chi connectivity index (χ0n) is 10.6. The summed E-state index contributed by atoms with van der Waals surface area (Å²) in [4.78, 5) is 5.63. The average molecular weight is 265 g/mol. The van der Waals surface area contributed by atoms with Gasteiger partial charge >= 0.3 is 0 Å². The van der Waals surface area contributed by atoms with E-state index in [4.69, 9.17) is 4.74 Å². The summed E-state index contributed by atoms with van der Waals surface area (Å²) in [6.45, 7) is 3.44. The molecule has 2 aromatic heterocycles. The molecule has 98 valence electrons. The molecule has 0 spiro atoms. The highest BCUT2D eigenvalue weighted by Crippen LogP contribution is 2.11. The molecule has 5 heteroatoms. The standard InChI is InChI=1S/C13H19N3OS/c1-17-7-5-14-9-12-10-15-11-16(12)6-4-13-3-2-8-18-13/h2-3,8,10-11,14H,4-7,9H2,1H3. The number of thiophene rings is 1. The molecule has 0 saturated carbocycles. The van der Waals surface area contributed by atoms with E-state index in [1.807, 2.05) is 23.9 Å². The van der Waals surface area contributed by atoms with Crippen molar-refractivity contribution in [2.75, 3.05) is 20.3 Å². The van der Waals surface area contributed by atoms with Crippen LogP contribution in [0.3, 0.4) is 0 Å². The molecule has 0 unspecified atom stereocenters. The van der Waals surface area contributed by atoms with Gasteiger partial charge < -0.3 is 14.6 Å². The van der Waals surface area contributed by atoms with Crippen LogP contribution in [0.2, 0.25) is 0 Å². The van der Waals surface area contributed by atoms with Crippen molar-refractivity contribution in [3.63, 3.8) is 0 Å². The quantitative estimate of drug-likeness (QED) is 0.741. The normalized spacial score (nSPS) is 10.9. The van der Waals surface area contributed by atoms with Crippen LogP contribution >= 0.6 is 11.3 Å². The summed E-state index contributed by atoms with van der Waals surface area (Å²) >= 11 is 1.81. The Labute approximate surface area is 112 Å². The molecular weight excluding hydrogens is 246 g/mol. The van der Waals surface area contributed by atoms with Crippen LogP contribution in [0.4, 0.5) is 0 Å². The predicted octanol–water partition coefficient (Wildman–Crippen LogP) is 1.92. The monoisotopic (exact) mass is 265 g/mol. The number of nitrogens with one attached hydrogen (secondary N) is 1. The lowest BCUT2D eigenvalue weighted by Crippen LogP contribution is -2.20. The van der Waals surface area contributed by atoms with E-state index >= 15 is 0 Å². The Hall–Kier alpha value is -1.17. The first-order valence-corrected chi connectivity index (χ1v) is 6.99. The minimum atomic E-state index is 0.739. The van der Waals surface area contributed by atoms with E-state index in [0.717, 1.165) is 32.7 Å². The lowest BCUT2D eigenvalue weighted by Gasteiger charge is -2.08. The lowest BCUT2D eigenvalue weighted by molar-refractivity contribution is 0.199. The number of rotatable bonds is 8. The first kappa shape index (κ1) is 13.3. The minimum absolute atomic E-state index is 0.739. The second-order valence-electron chi connectivity index (χ2n) is 4.08. The van der Waals surface area contributed by atoms with Crippen LogP contribution in [0, 0.1) is 0 Å². The third-order valence-electron chi connectivity index (χ3n) is 2.77. The second kappa shape index (κ2) is 7.31. The van der Waals surface area contributed by atoms with E-state index in [1.54, 1.807) is 7.11 Å². The Kier molecular flexibility index (Phi) is 5.38. The largest absolute Gasteiger partial charge is 0.383 e. The molecule has 2 rings (SSSR count). The highest BCUT2D eigenvalue weighted by molar-refractivity contribution is 7.09. The Morgan fingerprint density at radius 1 is 1.50 bits per heavy atom. The van der Waals surface area contributed by atoms with Crippen LogP contribution < -0.4 is 5.32 Å². The third-order valence-corrected chi connectivity index (χ3v) is 3.70. The maximum absolute atomic E-state index is 5.00. The van der Waals surface area contributed by atoms with Crippen molar-refractivity contribution in [3.8, 4) is 0 Å². The molecule has 0 amide bonds. The number of hydrogen-bond donors (Lipinski definition) is 1. The van der Waals surface area contributed by atoms with Crippen molar-refractivity contribution in [2.24, 2.45) is 0 Å². The maximum atomic E-state index is 5.00. The van der Waals surface area contributed by atoms with E-state index in [-0.39, 0.29) is 0 Å². The Morgan fingerprint density at radius 2 is 2.44 bits per heavy atom. The van der Waals surface area contributed by atoms with E-state index in [1.165, 1.54) is 10.6 Å². The van der Waals surface area contributed by atoms with Gasteiger partial charge in [-0.2, -0.15) is 0 Å². The van der Waals surface area contributed by atoms with E-state index in [9.17, 15) is 0 Å². The molecule has 2 aromatic rings. The number of aryl methyl sites for hydroxylation is 2. The molecule has 0 radical (unpaired) electrons. The van der Waals surface area contributed by atoms with Crippen LogP contribution in [0.1, 0.15) is 10.6 Å². The van der Waals surface area contributed by atoms with Gasteiger partial charge in [-0.05, 0) is 17.9 Å². The van der Waals surface area contributed by atoms with E-state index in [0.29, 0.717) is 0 Å². The molecular formula is C13H19N3OS. The van der Waals surface area contributed by atoms with Crippen LogP contribution in [0.5, 0.6) is 0 Å². The van der Waals surface area contributed by atoms with Crippen molar-refractivity contribution in [1.29, 1.82) is 0 Å². The molecule has 0 bridgehead atoms. The summed E-state index contributed by atoms with van der Waals surface area (Å²) in [6.07, 6.45) is 4.90. The fourth-order valence-electron chi connectivity index (χ4n) is 1.77. The van der Waals surface area contributed by atoms with Crippen molar-refractivity contribution in [3.05, 3.63) is 40.6 Å². The van der Waals surface area contributed by atoms with Crippen molar-refractivity contribution < 1.29 is 4.74 Å². The molecule has 0 aliphatic carbocycles. The Balaban J connectivity index is 1.79. The smallest absolute Gasteiger partial charge is 0.0948 e. The Bertz CT molecular complexity index is 439. The molecule has 0 aliphatic rings. The number of methoxy groups -OCH3 is 1. The molecule has 2 heterocycles.